The Morgan fingerprint density at radius 2 is 0.860 bits per heavy atom. The molecule has 522 valence electrons. The first-order valence-electron chi connectivity index (χ1n) is 32.8. The van der Waals surface area contributed by atoms with Crippen molar-refractivity contribution in [3.8, 4) is 33.8 Å². The number of nitrogens with zero attached hydrogens (tertiary/aromatic N) is 9. The van der Waals surface area contributed by atoms with Crippen molar-refractivity contribution >= 4 is 47.1 Å². The van der Waals surface area contributed by atoms with Crippen molar-refractivity contribution < 1.29 is 28.8 Å². The predicted molar refractivity (Wildman–Crippen MR) is 389 cm³/mol. The number of carbonyl (C=O) groups is 6. The van der Waals surface area contributed by atoms with Gasteiger partial charge in [0.25, 0.3) is 35.4 Å². The molecule has 0 unspecified atom stereocenters. The molecular formula is C76H92N18O6. The number of nitrogens with one attached hydrogen (secondary N) is 4. The number of H-pyrrole nitrogens is 1. The van der Waals surface area contributed by atoms with Gasteiger partial charge in [0.1, 0.15) is 39.8 Å². The van der Waals surface area contributed by atoms with Crippen LogP contribution < -0.4 is 44.6 Å². The van der Waals surface area contributed by atoms with Gasteiger partial charge in [-0.25, -0.2) is 9.36 Å². The number of aromatic nitrogens is 10. The standard InChI is InChI=1S/C27H33N5O2.C25H28N4O2.C22H23N9O2.2CH4/c1-17-6-4-5-7-21(17)26(34)30-16-18-8-10-19(11-9-18)23-22(25(29)33)24(28)32(31-23)20-12-14-27(2,3)15-13-20;1-16-7-3-6-10-21(16)25(31)27-15-18-11-13-19(14-12-18)23-22(24(26)30)17(2)29(28-23)20-8-4-5-9-20;1-13-4-2-3-5-16(13)22(33)25-12-14-6-8-15(9-7-14)19-18(21(24)32)20(23)31(28-19)11-10-17-26-29-30-27-17;;/h4-11,20H,12-16,28H2,1-3H3,(H2,29,33)(H,30,34);3,6-7,10-14,20H,4-5,8-9,15H2,1-2H3,(H2,26,30)(H,27,31);2-9H,10-12,23H2,1H3,(H2,24,32)(H,25,33)(H,26,27,29,30);2*1H4. The van der Waals surface area contributed by atoms with Gasteiger partial charge in [0.15, 0.2) is 5.82 Å². The Morgan fingerprint density at radius 3 is 1.25 bits per heavy atom. The van der Waals surface area contributed by atoms with Crippen LogP contribution in [0.3, 0.4) is 0 Å². The van der Waals surface area contributed by atoms with Crippen molar-refractivity contribution in [3.05, 3.63) is 224 Å². The minimum atomic E-state index is -0.664. The fourth-order valence-corrected chi connectivity index (χ4v) is 12.6. The van der Waals surface area contributed by atoms with Crippen molar-refractivity contribution in [2.75, 3.05) is 11.5 Å². The monoisotopic (exact) mass is 1350 g/mol. The van der Waals surface area contributed by atoms with E-state index in [9.17, 15) is 28.8 Å². The number of hydrogen-bond acceptors (Lipinski definition) is 14. The van der Waals surface area contributed by atoms with Crippen LogP contribution in [0.5, 0.6) is 0 Å². The number of tetrazole rings is 1. The summed E-state index contributed by atoms with van der Waals surface area (Å²) in [6.07, 6.45) is 9.08. The summed E-state index contributed by atoms with van der Waals surface area (Å²) in [5.41, 5.74) is 43.0. The van der Waals surface area contributed by atoms with Crippen molar-refractivity contribution in [3.63, 3.8) is 0 Å². The zero-order valence-corrected chi connectivity index (χ0v) is 56.1. The Hall–Kier alpha value is -11.6. The minimum absolute atomic E-state index is 0. The summed E-state index contributed by atoms with van der Waals surface area (Å²) in [7, 11) is 0. The quantitative estimate of drug-likeness (QED) is 0.0343. The molecule has 100 heavy (non-hydrogen) atoms. The van der Waals surface area contributed by atoms with Crippen LogP contribution in [0, 0.1) is 33.1 Å². The third kappa shape index (κ3) is 17.6. The zero-order chi connectivity index (χ0) is 69.8. The topological polar surface area (TPSA) is 377 Å². The van der Waals surface area contributed by atoms with Crippen LogP contribution in [0.25, 0.3) is 33.8 Å². The maximum absolute atomic E-state index is 12.5. The number of nitrogen functional groups attached to an aromatic ring is 2. The van der Waals surface area contributed by atoms with Crippen molar-refractivity contribution in [2.24, 2.45) is 22.6 Å². The molecular weight excluding hydrogens is 1260 g/mol. The molecule has 4 heterocycles. The number of primary amides is 3. The molecule has 2 aliphatic rings. The largest absolute Gasteiger partial charge is 0.383 e. The van der Waals surface area contributed by atoms with E-state index >= 15 is 0 Å². The number of aromatic amines is 1. The summed E-state index contributed by atoms with van der Waals surface area (Å²) in [6, 6.07) is 45.6. The van der Waals surface area contributed by atoms with Gasteiger partial charge in [0.2, 0.25) is 0 Å². The van der Waals surface area contributed by atoms with Gasteiger partial charge < -0.3 is 44.6 Å². The maximum atomic E-state index is 12.5. The zero-order valence-electron chi connectivity index (χ0n) is 56.1. The summed E-state index contributed by atoms with van der Waals surface area (Å²) in [4.78, 5) is 73.9. The van der Waals surface area contributed by atoms with Gasteiger partial charge in [0.05, 0.1) is 24.2 Å². The van der Waals surface area contributed by atoms with E-state index in [1.54, 1.807) is 10.7 Å². The lowest BCUT2D eigenvalue weighted by Crippen LogP contribution is -2.25. The van der Waals surface area contributed by atoms with Crippen LogP contribution in [-0.4, -0.2) is 85.4 Å². The van der Waals surface area contributed by atoms with E-state index in [-0.39, 0.29) is 55.6 Å². The van der Waals surface area contributed by atoms with Gasteiger partial charge in [-0.1, -0.05) is 174 Å². The van der Waals surface area contributed by atoms with Crippen molar-refractivity contribution in [1.82, 2.24) is 65.9 Å². The van der Waals surface area contributed by atoms with Gasteiger partial charge in [0, 0.05) is 65.1 Å². The first-order chi connectivity index (χ1) is 47.0. The van der Waals surface area contributed by atoms with E-state index in [4.69, 9.17) is 38.9 Å². The lowest BCUT2D eigenvalue weighted by Gasteiger charge is -2.34. The number of carbonyl (C=O) groups excluding carboxylic acids is 6. The second-order valence-electron chi connectivity index (χ2n) is 25.7. The lowest BCUT2D eigenvalue weighted by molar-refractivity contribution is 0.0942. The maximum Gasteiger partial charge on any atom is 0.254 e. The predicted octanol–water partition coefficient (Wildman–Crippen LogP) is 11.4. The summed E-state index contributed by atoms with van der Waals surface area (Å²) in [6.45, 7) is 13.7. The summed E-state index contributed by atoms with van der Waals surface area (Å²) >= 11 is 0. The fraction of sp³-hybridized carbons (Fsp3) is 0.316. The third-order valence-electron chi connectivity index (χ3n) is 18.3. The number of amides is 6. The van der Waals surface area contributed by atoms with Crippen LogP contribution in [0.2, 0.25) is 0 Å². The SMILES string of the molecule is C.C.Cc1ccccc1C(=O)NCc1ccc(-c2nn(C3CCC(C)(C)CC3)c(N)c2C(N)=O)cc1.Cc1ccccc1C(=O)NCc1ccc(-c2nn(C3CCCC3)c(C)c2C(N)=O)cc1.Cc1ccccc1C(=O)NCc1ccc(-c2nn(CCc3nn[nH]n3)c(N)c2C(N)=O)cc1. The number of benzene rings is 6. The Labute approximate surface area is 583 Å². The molecule has 0 radical (unpaired) electrons. The van der Waals surface area contributed by atoms with Crippen molar-refractivity contribution in [2.45, 2.75) is 152 Å². The van der Waals surface area contributed by atoms with E-state index in [1.165, 1.54) is 17.5 Å². The average molecular weight is 1350 g/mol. The summed E-state index contributed by atoms with van der Waals surface area (Å²) in [5, 5.41) is 36.5. The molecule has 2 fully saturated rings. The van der Waals surface area contributed by atoms with Gasteiger partial charge in [-0.3, -0.25) is 33.4 Å². The number of hydrogen-bond donors (Lipinski definition) is 9. The third-order valence-corrected chi connectivity index (χ3v) is 18.3. The summed E-state index contributed by atoms with van der Waals surface area (Å²) in [5.74, 6) is -1.02. The van der Waals surface area contributed by atoms with Crippen LogP contribution in [0.4, 0.5) is 11.6 Å². The Kier molecular flexibility index (Phi) is 24.6. The molecule has 6 amide bonds. The first-order valence-corrected chi connectivity index (χ1v) is 32.8. The minimum Gasteiger partial charge on any atom is -0.383 e. The molecule has 24 nitrogen and oxygen atoms in total. The van der Waals surface area contributed by atoms with Crippen molar-refractivity contribution in [1.29, 1.82) is 0 Å². The average Bonchev–Trinajstić information content (AvgIpc) is 1.65. The van der Waals surface area contributed by atoms with Crippen LogP contribution >= 0.6 is 0 Å². The summed E-state index contributed by atoms with van der Waals surface area (Å²) < 4.78 is 5.28. The van der Waals surface area contributed by atoms with Gasteiger partial charge in [-0.05, 0) is 123 Å². The number of nitrogens with two attached hydrogens (primary N) is 5. The molecule has 2 aliphatic carbocycles. The van der Waals surface area contributed by atoms with Gasteiger partial charge in [-0.2, -0.15) is 20.5 Å². The molecule has 14 N–H and O–H groups in total. The van der Waals surface area contributed by atoms with E-state index < -0.39 is 17.7 Å². The fourth-order valence-electron chi connectivity index (χ4n) is 12.6. The molecule has 0 aliphatic heterocycles. The highest BCUT2D eigenvalue weighted by molar-refractivity contribution is 6.04. The molecule has 0 atom stereocenters. The second kappa shape index (κ2) is 33.1. The van der Waals surface area contributed by atoms with E-state index in [2.05, 4.69) is 55.5 Å². The number of anilines is 2. The normalized spacial score (nSPS) is 13.3. The molecule has 24 heteroatoms. The number of aryl methyl sites for hydroxylation is 5. The van der Waals surface area contributed by atoms with E-state index in [1.807, 2.05) is 172 Å². The lowest BCUT2D eigenvalue weighted by atomic mass is 9.75. The molecule has 0 bridgehead atoms. The highest BCUT2D eigenvalue weighted by Crippen LogP contribution is 2.42. The van der Waals surface area contributed by atoms with Crippen LogP contribution in [0.1, 0.15) is 199 Å². The highest BCUT2D eigenvalue weighted by atomic mass is 16.2. The highest BCUT2D eigenvalue weighted by Gasteiger charge is 2.32. The van der Waals surface area contributed by atoms with Crippen LogP contribution in [0.15, 0.2) is 146 Å². The Bertz CT molecular complexity index is 4500. The molecule has 0 saturated heterocycles. The first kappa shape index (κ1) is 74.2. The molecule has 12 rings (SSSR count). The smallest absolute Gasteiger partial charge is 0.254 e. The van der Waals surface area contributed by atoms with Crippen LogP contribution in [-0.2, 0) is 32.6 Å². The molecule has 4 aromatic heterocycles. The van der Waals surface area contributed by atoms with Gasteiger partial charge in [-0.15, -0.1) is 10.2 Å². The number of rotatable bonds is 20. The van der Waals surface area contributed by atoms with E-state index in [0.29, 0.717) is 101 Å². The second-order valence-corrected chi connectivity index (χ2v) is 25.7. The molecule has 2 saturated carbocycles. The van der Waals surface area contributed by atoms with Gasteiger partial charge >= 0.3 is 0 Å². The molecule has 6 aromatic carbocycles. The molecule has 0 spiro atoms. The Morgan fingerprint density at radius 1 is 0.490 bits per heavy atom. The van der Waals surface area contributed by atoms with E-state index in [0.717, 1.165) is 88.7 Å². The Balaban J connectivity index is 0.000000189. The molecule has 10 aromatic rings.